The second kappa shape index (κ2) is 8.08. The minimum atomic E-state index is -3.57. The first-order valence-electron chi connectivity index (χ1n) is 9.52. The van der Waals surface area contributed by atoms with Crippen LogP contribution in [0.5, 0.6) is 11.5 Å². The quantitative estimate of drug-likeness (QED) is 0.401. The molecular formula is C21H18F2N4O4S. The van der Waals surface area contributed by atoms with Gasteiger partial charge in [-0.1, -0.05) is 0 Å². The molecule has 0 amide bonds. The fourth-order valence-corrected chi connectivity index (χ4v) is 3.93. The van der Waals surface area contributed by atoms with Crippen LogP contribution in [0.3, 0.4) is 0 Å². The molecule has 4 aromatic rings. The molecule has 8 nitrogen and oxygen atoms in total. The maximum atomic E-state index is 14.2. The van der Waals surface area contributed by atoms with Gasteiger partial charge in [0.1, 0.15) is 11.6 Å². The molecule has 4 rings (SSSR count). The Morgan fingerprint density at radius 1 is 1.12 bits per heavy atom. The maximum absolute atomic E-state index is 14.2. The zero-order valence-electron chi connectivity index (χ0n) is 17.0. The number of nitrogens with zero attached hydrogens (tertiary/aromatic N) is 1. The van der Waals surface area contributed by atoms with Gasteiger partial charge >= 0.3 is 0 Å². The average Bonchev–Trinajstić information content (AvgIpc) is 3.08. The molecule has 0 aliphatic carbocycles. The van der Waals surface area contributed by atoms with Crippen LogP contribution in [-0.4, -0.2) is 29.4 Å². The zero-order chi connectivity index (χ0) is 23.0. The summed E-state index contributed by atoms with van der Waals surface area (Å²) in [5, 5.41) is 7.03. The third-order valence-corrected chi connectivity index (χ3v) is 6.14. The molecule has 166 valence electrons. The van der Waals surface area contributed by atoms with Crippen LogP contribution in [0.1, 0.15) is 12.6 Å². The van der Waals surface area contributed by atoms with Crippen LogP contribution >= 0.6 is 0 Å². The Hall–Kier alpha value is -3.73. The first-order chi connectivity index (χ1) is 15.2. The topological polar surface area (TPSA) is 117 Å². The van der Waals surface area contributed by atoms with Crippen LogP contribution in [0.25, 0.3) is 22.0 Å². The number of aryl methyl sites for hydroxylation is 1. The predicted octanol–water partition coefficient (Wildman–Crippen LogP) is 4.06. The second-order valence-electron chi connectivity index (χ2n) is 7.01. The Bertz CT molecular complexity index is 1500. The van der Waals surface area contributed by atoms with Crippen molar-refractivity contribution in [2.75, 3.05) is 10.5 Å². The Morgan fingerprint density at radius 2 is 1.88 bits per heavy atom. The highest BCUT2D eigenvalue weighted by Crippen LogP contribution is 2.39. The average molecular weight is 460 g/mol. The number of hydrogen-bond donors (Lipinski definition) is 3. The molecule has 0 radical (unpaired) electrons. The number of sulfonamides is 1. The van der Waals surface area contributed by atoms with Crippen molar-refractivity contribution < 1.29 is 21.9 Å². The molecule has 11 heteroatoms. The van der Waals surface area contributed by atoms with E-state index in [1.807, 2.05) is 0 Å². The van der Waals surface area contributed by atoms with Crippen molar-refractivity contribution in [1.29, 1.82) is 0 Å². The molecule has 0 unspecified atom stereocenters. The number of hydrogen-bond acceptors (Lipinski definition) is 5. The van der Waals surface area contributed by atoms with Gasteiger partial charge in [-0.3, -0.25) is 9.52 Å². The van der Waals surface area contributed by atoms with E-state index in [9.17, 15) is 22.0 Å². The summed E-state index contributed by atoms with van der Waals surface area (Å²) < 4.78 is 59.7. The lowest BCUT2D eigenvalue weighted by Gasteiger charge is -2.14. The van der Waals surface area contributed by atoms with Gasteiger partial charge < -0.3 is 9.72 Å². The van der Waals surface area contributed by atoms with Gasteiger partial charge in [-0.05, 0) is 44.2 Å². The molecule has 0 aliphatic rings. The monoisotopic (exact) mass is 460 g/mol. The molecule has 0 atom stereocenters. The van der Waals surface area contributed by atoms with Crippen molar-refractivity contribution in [1.82, 2.24) is 15.2 Å². The van der Waals surface area contributed by atoms with Gasteiger partial charge in [-0.2, -0.15) is 5.10 Å². The summed E-state index contributed by atoms with van der Waals surface area (Å²) in [7, 11) is -3.57. The van der Waals surface area contributed by atoms with E-state index in [4.69, 9.17) is 4.74 Å². The van der Waals surface area contributed by atoms with Gasteiger partial charge in [0.2, 0.25) is 10.0 Å². The van der Waals surface area contributed by atoms with Crippen molar-refractivity contribution in [3.63, 3.8) is 0 Å². The number of ether oxygens (including phenoxy) is 1. The molecule has 2 aromatic heterocycles. The second-order valence-corrected chi connectivity index (χ2v) is 9.02. The van der Waals surface area contributed by atoms with E-state index >= 15 is 0 Å². The SMILES string of the molecule is CCS(=O)(=O)Nc1ccc(Oc2ccc(F)cc2F)c(-c2[nH]c(C)c3c(=O)[nH]ncc23)c1. The molecular weight excluding hydrogens is 442 g/mol. The van der Waals surface area contributed by atoms with Crippen molar-refractivity contribution in [2.45, 2.75) is 13.8 Å². The highest BCUT2D eigenvalue weighted by atomic mass is 32.2. The molecule has 32 heavy (non-hydrogen) atoms. The highest BCUT2D eigenvalue weighted by molar-refractivity contribution is 7.92. The lowest BCUT2D eigenvalue weighted by Crippen LogP contribution is -2.14. The molecule has 0 saturated heterocycles. The van der Waals surface area contributed by atoms with Crippen LogP contribution in [0.15, 0.2) is 47.4 Å². The normalized spacial score (nSPS) is 11.6. The number of fused-ring (bicyclic) bond motifs is 1. The molecule has 0 aliphatic heterocycles. The van der Waals surface area contributed by atoms with Crippen LogP contribution in [0, 0.1) is 18.6 Å². The van der Waals surface area contributed by atoms with E-state index in [-0.39, 0.29) is 22.9 Å². The molecule has 0 bridgehead atoms. The van der Waals surface area contributed by atoms with Gasteiger partial charge in [0, 0.05) is 28.4 Å². The summed E-state index contributed by atoms with van der Waals surface area (Å²) in [6, 6.07) is 7.29. The Labute approximate surface area is 181 Å². The molecule has 0 saturated carbocycles. The first kappa shape index (κ1) is 21.5. The van der Waals surface area contributed by atoms with Gasteiger partial charge in [0.05, 0.1) is 23.0 Å². The fourth-order valence-electron chi connectivity index (χ4n) is 3.30. The molecule has 0 spiro atoms. The van der Waals surface area contributed by atoms with E-state index < -0.39 is 27.2 Å². The van der Waals surface area contributed by atoms with Crippen molar-refractivity contribution in [3.05, 3.63) is 70.3 Å². The molecule has 2 aromatic carbocycles. The molecule has 3 N–H and O–H groups in total. The van der Waals surface area contributed by atoms with Gasteiger partial charge in [0.25, 0.3) is 5.56 Å². The van der Waals surface area contributed by atoms with E-state index in [0.29, 0.717) is 33.8 Å². The number of halogens is 2. The highest BCUT2D eigenvalue weighted by Gasteiger charge is 2.19. The van der Waals surface area contributed by atoms with E-state index in [0.717, 1.165) is 12.1 Å². The Balaban J connectivity index is 1.91. The number of benzene rings is 2. The lowest BCUT2D eigenvalue weighted by molar-refractivity contribution is 0.439. The van der Waals surface area contributed by atoms with Crippen molar-refractivity contribution >= 4 is 26.5 Å². The molecule has 2 heterocycles. The summed E-state index contributed by atoms with van der Waals surface area (Å²) in [4.78, 5) is 15.3. The van der Waals surface area contributed by atoms with Crippen molar-refractivity contribution in [3.8, 4) is 22.8 Å². The van der Waals surface area contributed by atoms with Gasteiger partial charge in [0.15, 0.2) is 11.6 Å². The number of nitrogens with one attached hydrogen (secondary N) is 3. The van der Waals surface area contributed by atoms with Crippen LogP contribution in [0.4, 0.5) is 14.5 Å². The standard InChI is InChI=1S/C21H18F2N4O4S/c1-3-32(29,30)27-13-5-7-17(31-18-6-4-12(22)8-16(18)23)14(9-13)20-15-10-24-26-21(28)19(15)11(2)25-20/h4-10,25,27H,3H2,1-2H3,(H,26,28). The lowest BCUT2D eigenvalue weighted by atomic mass is 10.1. The Kier molecular flexibility index (Phi) is 5.43. The number of aromatic nitrogens is 3. The minimum Gasteiger partial charge on any atom is -0.454 e. The minimum absolute atomic E-state index is 0.134. The third-order valence-electron chi connectivity index (χ3n) is 4.83. The van der Waals surface area contributed by atoms with Gasteiger partial charge in [-0.25, -0.2) is 22.3 Å². The van der Waals surface area contributed by atoms with E-state index in [1.165, 1.54) is 31.3 Å². The van der Waals surface area contributed by atoms with Crippen LogP contribution < -0.4 is 15.0 Å². The zero-order valence-corrected chi connectivity index (χ0v) is 17.8. The van der Waals surface area contributed by atoms with Gasteiger partial charge in [-0.15, -0.1) is 0 Å². The van der Waals surface area contributed by atoms with Crippen LogP contribution in [-0.2, 0) is 10.0 Å². The van der Waals surface area contributed by atoms with Crippen LogP contribution in [0.2, 0.25) is 0 Å². The maximum Gasteiger partial charge on any atom is 0.273 e. The summed E-state index contributed by atoms with van der Waals surface area (Å²) in [5.74, 6) is -1.87. The number of anilines is 1. The third kappa shape index (κ3) is 4.06. The smallest absolute Gasteiger partial charge is 0.273 e. The first-order valence-corrected chi connectivity index (χ1v) is 11.2. The predicted molar refractivity (Wildman–Crippen MR) is 116 cm³/mol. The van der Waals surface area contributed by atoms with E-state index in [1.54, 1.807) is 6.92 Å². The molecule has 0 fully saturated rings. The Morgan fingerprint density at radius 3 is 2.59 bits per heavy atom. The number of rotatable bonds is 6. The van der Waals surface area contributed by atoms with E-state index in [2.05, 4.69) is 19.9 Å². The number of H-pyrrole nitrogens is 2. The summed E-state index contributed by atoms with van der Waals surface area (Å²) in [6.45, 7) is 3.20. The largest absolute Gasteiger partial charge is 0.454 e. The summed E-state index contributed by atoms with van der Waals surface area (Å²) in [6.07, 6.45) is 1.45. The summed E-state index contributed by atoms with van der Waals surface area (Å²) >= 11 is 0. The fraction of sp³-hybridized carbons (Fsp3) is 0.143. The summed E-state index contributed by atoms with van der Waals surface area (Å²) in [5.41, 5.74) is 1.16. The number of aromatic amines is 2. The van der Waals surface area contributed by atoms with Crippen molar-refractivity contribution in [2.24, 2.45) is 0 Å².